The lowest BCUT2D eigenvalue weighted by Crippen LogP contribution is -2.39. The standard InChI is InChI=1S/C11H12N2O3S/c1-2-5-12-7-9(14)13-10(11(15)16)8-4-3-6-17-8/h1,3-4,6,10,12H,5,7H2,(H,13,14)(H,15,16). The van der Waals surface area contributed by atoms with E-state index in [4.69, 9.17) is 11.5 Å². The van der Waals surface area contributed by atoms with Gasteiger partial charge >= 0.3 is 5.97 Å². The first-order chi connectivity index (χ1) is 8.15. The maximum atomic E-state index is 11.4. The van der Waals surface area contributed by atoms with E-state index in [1.165, 1.54) is 11.3 Å². The monoisotopic (exact) mass is 252 g/mol. The molecule has 0 aromatic carbocycles. The van der Waals surface area contributed by atoms with Crippen molar-refractivity contribution in [1.29, 1.82) is 0 Å². The van der Waals surface area contributed by atoms with E-state index < -0.39 is 17.9 Å². The van der Waals surface area contributed by atoms with Crippen molar-refractivity contribution in [3.05, 3.63) is 22.4 Å². The molecule has 0 aliphatic heterocycles. The zero-order chi connectivity index (χ0) is 12.7. The fourth-order valence-electron chi connectivity index (χ4n) is 1.17. The minimum Gasteiger partial charge on any atom is -0.479 e. The smallest absolute Gasteiger partial charge is 0.331 e. The number of terminal acetylenes is 1. The molecule has 0 bridgehead atoms. The fourth-order valence-corrected chi connectivity index (χ4v) is 1.94. The Morgan fingerprint density at radius 1 is 1.59 bits per heavy atom. The summed E-state index contributed by atoms with van der Waals surface area (Å²) < 4.78 is 0. The Morgan fingerprint density at radius 3 is 2.88 bits per heavy atom. The highest BCUT2D eigenvalue weighted by Crippen LogP contribution is 2.18. The third-order valence-corrected chi connectivity index (χ3v) is 2.83. The molecule has 1 atom stereocenters. The first-order valence-corrected chi connectivity index (χ1v) is 5.73. The highest BCUT2D eigenvalue weighted by atomic mass is 32.1. The summed E-state index contributed by atoms with van der Waals surface area (Å²) in [5, 5.41) is 15.9. The number of amides is 1. The van der Waals surface area contributed by atoms with Crippen molar-refractivity contribution in [1.82, 2.24) is 10.6 Å². The van der Waals surface area contributed by atoms with Gasteiger partial charge in [0.15, 0.2) is 6.04 Å². The van der Waals surface area contributed by atoms with Crippen LogP contribution in [0.4, 0.5) is 0 Å². The number of carbonyl (C=O) groups excluding carboxylic acids is 1. The predicted octanol–water partition coefficient (Wildman–Crippen LogP) is 0.213. The molecule has 1 heterocycles. The molecule has 1 aromatic rings. The van der Waals surface area contributed by atoms with Crippen molar-refractivity contribution in [2.45, 2.75) is 6.04 Å². The zero-order valence-electron chi connectivity index (χ0n) is 8.97. The second-order valence-corrected chi connectivity index (χ2v) is 4.14. The van der Waals surface area contributed by atoms with Gasteiger partial charge in [-0.05, 0) is 11.4 Å². The molecule has 90 valence electrons. The van der Waals surface area contributed by atoms with Crippen LogP contribution < -0.4 is 10.6 Å². The van der Waals surface area contributed by atoms with Gasteiger partial charge in [-0.15, -0.1) is 17.8 Å². The maximum Gasteiger partial charge on any atom is 0.331 e. The predicted molar refractivity (Wildman–Crippen MR) is 64.5 cm³/mol. The topological polar surface area (TPSA) is 78.4 Å². The van der Waals surface area contributed by atoms with E-state index >= 15 is 0 Å². The van der Waals surface area contributed by atoms with Crippen LogP contribution >= 0.6 is 11.3 Å². The summed E-state index contributed by atoms with van der Waals surface area (Å²) in [5.74, 6) is 0.834. The van der Waals surface area contributed by atoms with Gasteiger partial charge in [0, 0.05) is 4.88 Å². The number of carbonyl (C=O) groups is 2. The molecule has 0 fully saturated rings. The van der Waals surface area contributed by atoms with Gasteiger partial charge in [0.2, 0.25) is 5.91 Å². The van der Waals surface area contributed by atoms with Gasteiger partial charge in [0.25, 0.3) is 0 Å². The Bertz CT molecular complexity index is 422. The van der Waals surface area contributed by atoms with Crippen molar-refractivity contribution in [2.24, 2.45) is 0 Å². The molecular formula is C11H12N2O3S. The number of hydrogen-bond acceptors (Lipinski definition) is 4. The van der Waals surface area contributed by atoms with E-state index in [1.807, 2.05) is 0 Å². The van der Waals surface area contributed by atoms with Crippen LogP contribution in [0.15, 0.2) is 17.5 Å². The summed E-state index contributed by atoms with van der Waals surface area (Å²) >= 11 is 1.28. The third-order valence-electron chi connectivity index (χ3n) is 1.89. The summed E-state index contributed by atoms with van der Waals surface area (Å²) in [6.07, 6.45) is 5.00. The minimum atomic E-state index is -1.09. The average Bonchev–Trinajstić information content (AvgIpc) is 2.79. The number of carboxylic acid groups (broad SMARTS) is 1. The summed E-state index contributed by atoms with van der Waals surface area (Å²) in [4.78, 5) is 23.0. The van der Waals surface area contributed by atoms with Crippen LogP contribution in [0.1, 0.15) is 10.9 Å². The Hall–Kier alpha value is -1.84. The summed E-state index contributed by atoms with van der Waals surface area (Å²) in [7, 11) is 0. The van der Waals surface area contributed by atoms with Gasteiger partial charge < -0.3 is 10.4 Å². The van der Waals surface area contributed by atoms with Crippen molar-refractivity contribution in [3.63, 3.8) is 0 Å². The van der Waals surface area contributed by atoms with E-state index in [-0.39, 0.29) is 13.1 Å². The first-order valence-electron chi connectivity index (χ1n) is 4.85. The molecule has 1 unspecified atom stereocenters. The van der Waals surface area contributed by atoms with Gasteiger partial charge in [-0.3, -0.25) is 10.1 Å². The summed E-state index contributed by atoms with van der Waals surface area (Å²) in [5.41, 5.74) is 0. The molecule has 3 N–H and O–H groups in total. The lowest BCUT2D eigenvalue weighted by molar-refractivity contribution is -0.141. The van der Waals surface area contributed by atoms with Gasteiger partial charge in [-0.2, -0.15) is 0 Å². The summed E-state index contributed by atoms with van der Waals surface area (Å²) in [6, 6.07) is 2.40. The fraction of sp³-hybridized carbons (Fsp3) is 0.273. The Morgan fingerprint density at radius 2 is 2.35 bits per heavy atom. The van der Waals surface area contributed by atoms with Gasteiger partial charge in [0.1, 0.15) is 0 Å². The number of aliphatic carboxylic acids is 1. The molecule has 1 aromatic heterocycles. The molecule has 0 radical (unpaired) electrons. The molecule has 0 aliphatic carbocycles. The lowest BCUT2D eigenvalue weighted by Gasteiger charge is -2.12. The van der Waals surface area contributed by atoms with E-state index in [0.717, 1.165) is 0 Å². The third kappa shape index (κ3) is 4.26. The molecule has 1 rings (SSSR count). The lowest BCUT2D eigenvalue weighted by atomic mass is 10.2. The van der Waals surface area contributed by atoms with Crippen LogP contribution in [0.3, 0.4) is 0 Å². The maximum absolute atomic E-state index is 11.4. The van der Waals surface area contributed by atoms with Crippen molar-refractivity contribution in [2.75, 3.05) is 13.1 Å². The second-order valence-electron chi connectivity index (χ2n) is 3.16. The Kier molecular flexibility index (Phi) is 5.20. The minimum absolute atomic E-state index is 0.000640. The Balaban J connectivity index is 2.54. The molecule has 0 saturated heterocycles. The van der Waals surface area contributed by atoms with Crippen LogP contribution in [0.2, 0.25) is 0 Å². The molecule has 17 heavy (non-hydrogen) atoms. The molecule has 6 heteroatoms. The van der Waals surface area contributed by atoms with Crippen molar-refractivity contribution in [3.8, 4) is 12.3 Å². The van der Waals surface area contributed by atoms with Gasteiger partial charge in [-0.25, -0.2) is 4.79 Å². The number of thiophene rings is 1. The highest BCUT2D eigenvalue weighted by Gasteiger charge is 2.22. The van der Waals surface area contributed by atoms with Gasteiger partial charge in [-0.1, -0.05) is 12.0 Å². The molecule has 5 nitrogen and oxygen atoms in total. The van der Waals surface area contributed by atoms with Crippen LogP contribution in [-0.4, -0.2) is 30.1 Å². The SMILES string of the molecule is C#CCNCC(=O)NC(C(=O)O)c1cccs1. The zero-order valence-corrected chi connectivity index (χ0v) is 9.79. The quantitative estimate of drug-likeness (QED) is 0.499. The number of rotatable bonds is 6. The first kappa shape index (κ1) is 13.2. The van der Waals surface area contributed by atoms with Gasteiger partial charge in [0.05, 0.1) is 13.1 Å². The van der Waals surface area contributed by atoms with Crippen molar-refractivity contribution >= 4 is 23.2 Å². The second kappa shape index (κ2) is 6.68. The molecule has 0 aliphatic rings. The molecular weight excluding hydrogens is 240 g/mol. The van der Waals surface area contributed by atoms with E-state index in [0.29, 0.717) is 4.88 Å². The number of carboxylic acids is 1. The normalized spacial score (nSPS) is 11.5. The van der Waals surface area contributed by atoms with Crippen LogP contribution in [0.5, 0.6) is 0 Å². The van der Waals surface area contributed by atoms with E-state index in [2.05, 4.69) is 16.6 Å². The molecule has 0 spiro atoms. The molecule has 0 saturated carbocycles. The van der Waals surface area contributed by atoms with Crippen molar-refractivity contribution < 1.29 is 14.7 Å². The van der Waals surface area contributed by atoms with Crippen LogP contribution in [0, 0.1) is 12.3 Å². The largest absolute Gasteiger partial charge is 0.479 e. The van der Waals surface area contributed by atoms with E-state index in [9.17, 15) is 9.59 Å². The van der Waals surface area contributed by atoms with Crippen LogP contribution in [0.25, 0.3) is 0 Å². The van der Waals surface area contributed by atoms with E-state index in [1.54, 1.807) is 17.5 Å². The van der Waals surface area contributed by atoms with Crippen LogP contribution in [-0.2, 0) is 9.59 Å². The average molecular weight is 252 g/mol. The summed E-state index contributed by atoms with van der Waals surface area (Å²) in [6.45, 7) is 0.267. The Labute approximate surface area is 103 Å². The number of nitrogens with one attached hydrogen (secondary N) is 2. The number of hydrogen-bond donors (Lipinski definition) is 3. The molecule has 1 amide bonds. The highest BCUT2D eigenvalue weighted by molar-refractivity contribution is 7.10.